The normalized spacial score (nSPS) is 19.3. The molecule has 1 fully saturated rings. The van der Waals surface area contributed by atoms with Crippen LogP contribution in [-0.2, 0) is 19.8 Å². The number of anilines is 1. The molecule has 2 N–H and O–H groups in total. The minimum absolute atomic E-state index is 0.241. The fourth-order valence-electron chi connectivity index (χ4n) is 6.82. The predicted molar refractivity (Wildman–Crippen MR) is 193 cm³/mol. The number of carbonyl (C=O) groups is 1. The third kappa shape index (κ3) is 6.37. The maximum Gasteiger partial charge on any atom is 0.256 e. The number of hydrogen-bond acceptors (Lipinski definition) is 10. The van der Waals surface area contributed by atoms with Crippen LogP contribution in [0.3, 0.4) is 0 Å². The van der Waals surface area contributed by atoms with Crippen LogP contribution in [0.4, 0.5) is 5.82 Å². The zero-order valence-electron chi connectivity index (χ0n) is 29.1. The van der Waals surface area contributed by atoms with E-state index in [1.54, 1.807) is 43.1 Å². The number of fused-ring (bicyclic) bond motifs is 1. The average molecular weight is 702 g/mol. The highest BCUT2D eigenvalue weighted by molar-refractivity contribution is 6.06. The van der Waals surface area contributed by atoms with Crippen molar-refractivity contribution in [3.8, 4) is 11.5 Å². The monoisotopic (exact) mass is 701 g/mol. The Morgan fingerprint density at radius 1 is 0.808 bits per heavy atom. The molecule has 0 aliphatic carbocycles. The van der Waals surface area contributed by atoms with E-state index in [-0.39, 0.29) is 11.7 Å². The number of aliphatic hydroxyl groups excluding tert-OH is 1. The highest BCUT2D eigenvalue weighted by Crippen LogP contribution is 2.45. The van der Waals surface area contributed by atoms with E-state index in [0.717, 1.165) is 16.7 Å². The standard InChI is InChI=1S/C40H39N5O7/c1-25(52-40(27-13-9-6-10-14-27,28-15-19-30(48-2)20-16-28)29-17-21-31(49-3)22-18-29)34-33(46)35(50-4)39(51-34)45-24-43-32-36(41-23-42-37(32)45)44-38(47)26-11-7-5-8-12-26/h5-25,33-35,39,46H,1-4H3,(H,41,42,44,47)/t25-,33-,34?,35-,39-/m1/s1. The molecule has 1 amide bonds. The molecule has 4 aromatic carbocycles. The Hall–Kier alpha value is -5.66. The number of benzene rings is 4. The van der Waals surface area contributed by atoms with E-state index >= 15 is 0 Å². The van der Waals surface area contributed by atoms with E-state index in [4.69, 9.17) is 23.7 Å². The first kappa shape index (κ1) is 34.8. The Labute approximate surface area is 301 Å². The van der Waals surface area contributed by atoms with E-state index in [0.29, 0.717) is 28.2 Å². The quantitative estimate of drug-likeness (QED) is 0.151. The number of amides is 1. The lowest BCUT2D eigenvalue weighted by Gasteiger charge is -2.40. The van der Waals surface area contributed by atoms with Gasteiger partial charge in [-0.3, -0.25) is 9.36 Å². The molecular weight excluding hydrogens is 662 g/mol. The molecule has 5 atom stereocenters. The van der Waals surface area contributed by atoms with Gasteiger partial charge in [-0.1, -0.05) is 72.8 Å². The maximum atomic E-state index is 13.0. The number of imidazole rings is 1. The fourth-order valence-corrected chi connectivity index (χ4v) is 6.82. The van der Waals surface area contributed by atoms with Gasteiger partial charge in [0.2, 0.25) is 0 Å². The molecule has 52 heavy (non-hydrogen) atoms. The van der Waals surface area contributed by atoms with Gasteiger partial charge in [0.15, 0.2) is 23.2 Å². The number of aliphatic hydroxyl groups is 1. The van der Waals surface area contributed by atoms with Gasteiger partial charge in [0.1, 0.15) is 41.7 Å². The highest BCUT2D eigenvalue weighted by Gasteiger charge is 2.50. The lowest BCUT2D eigenvalue weighted by molar-refractivity contribution is -0.136. The van der Waals surface area contributed by atoms with Gasteiger partial charge in [-0.25, -0.2) is 15.0 Å². The number of rotatable bonds is 12. The van der Waals surface area contributed by atoms with Crippen molar-refractivity contribution in [2.45, 2.75) is 43.2 Å². The molecule has 12 nitrogen and oxygen atoms in total. The Bertz CT molecular complexity index is 2060. The smallest absolute Gasteiger partial charge is 0.256 e. The van der Waals surface area contributed by atoms with Crippen molar-refractivity contribution in [2.24, 2.45) is 0 Å². The zero-order valence-corrected chi connectivity index (χ0v) is 29.1. The number of carbonyl (C=O) groups excluding carboxylic acids is 1. The first-order valence-electron chi connectivity index (χ1n) is 16.8. The van der Waals surface area contributed by atoms with Crippen LogP contribution >= 0.6 is 0 Å². The Balaban J connectivity index is 1.24. The molecule has 12 heteroatoms. The fraction of sp³-hybridized carbons (Fsp3) is 0.250. The SMILES string of the molecule is COc1ccc(C(O[C@H](C)C2O[C@@H](n3cnc4c(NC(=O)c5ccccc5)ncnc43)[C@H](OC)[C@@H]2O)(c2ccccc2)c2ccc(OC)cc2)cc1. The summed E-state index contributed by atoms with van der Waals surface area (Å²) in [5, 5.41) is 14.6. The van der Waals surface area contributed by atoms with Crippen molar-refractivity contribution in [3.63, 3.8) is 0 Å². The van der Waals surface area contributed by atoms with Crippen molar-refractivity contribution in [1.29, 1.82) is 0 Å². The van der Waals surface area contributed by atoms with Crippen LogP contribution in [0, 0.1) is 0 Å². The molecule has 1 aliphatic heterocycles. The molecule has 6 aromatic rings. The van der Waals surface area contributed by atoms with Gasteiger partial charge in [0.05, 0.1) is 26.7 Å². The van der Waals surface area contributed by atoms with Crippen molar-refractivity contribution >= 4 is 22.9 Å². The summed E-state index contributed by atoms with van der Waals surface area (Å²) in [5.74, 6) is 1.31. The summed E-state index contributed by atoms with van der Waals surface area (Å²) in [6, 6.07) is 34.2. The van der Waals surface area contributed by atoms with Crippen LogP contribution in [0.25, 0.3) is 11.2 Å². The third-order valence-corrected chi connectivity index (χ3v) is 9.42. The largest absolute Gasteiger partial charge is 0.497 e. The average Bonchev–Trinajstić information content (AvgIpc) is 3.78. The molecule has 0 saturated carbocycles. The first-order valence-corrected chi connectivity index (χ1v) is 16.8. The number of methoxy groups -OCH3 is 3. The highest BCUT2D eigenvalue weighted by atomic mass is 16.6. The molecule has 1 unspecified atom stereocenters. The van der Waals surface area contributed by atoms with Crippen LogP contribution in [-0.4, -0.2) is 76.3 Å². The number of ether oxygens (including phenoxy) is 5. The molecule has 3 heterocycles. The Kier molecular flexibility index (Phi) is 9.97. The van der Waals surface area contributed by atoms with Gasteiger partial charge in [0, 0.05) is 12.7 Å². The van der Waals surface area contributed by atoms with E-state index in [9.17, 15) is 9.90 Å². The maximum absolute atomic E-state index is 13.0. The lowest BCUT2D eigenvalue weighted by Crippen LogP contribution is -2.45. The zero-order chi connectivity index (χ0) is 36.2. The summed E-state index contributed by atoms with van der Waals surface area (Å²) in [5.41, 5.74) is 2.62. The van der Waals surface area contributed by atoms with Gasteiger partial charge in [0.25, 0.3) is 5.91 Å². The van der Waals surface area contributed by atoms with Crippen LogP contribution in [0.1, 0.15) is 40.2 Å². The molecule has 0 spiro atoms. The van der Waals surface area contributed by atoms with E-state index in [1.807, 2.05) is 91.9 Å². The van der Waals surface area contributed by atoms with Gasteiger partial charge in [-0.2, -0.15) is 0 Å². The summed E-state index contributed by atoms with van der Waals surface area (Å²) in [6.07, 6.45) is -1.45. The summed E-state index contributed by atoms with van der Waals surface area (Å²) in [7, 11) is 4.76. The minimum Gasteiger partial charge on any atom is -0.497 e. The van der Waals surface area contributed by atoms with Gasteiger partial charge in [-0.05, 0) is 60.0 Å². The summed E-state index contributed by atoms with van der Waals surface area (Å²) < 4.78 is 32.4. The van der Waals surface area contributed by atoms with Crippen LogP contribution in [0.5, 0.6) is 11.5 Å². The van der Waals surface area contributed by atoms with E-state index in [1.165, 1.54) is 19.8 Å². The molecule has 1 saturated heterocycles. The summed E-state index contributed by atoms with van der Waals surface area (Å²) in [4.78, 5) is 26.2. The molecular formula is C40H39N5O7. The molecule has 0 radical (unpaired) electrons. The second kappa shape index (κ2) is 14.9. The molecule has 1 aliphatic rings. The van der Waals surface area contributed by atoms with Crippen molar-refractivity contribution in [3.05, 3.63) is 144 Å². The lowest BCUT2D eigenvalue weighted by atomic mass is 9.79. The van der Waals surface area contributed by atoms with E-state index < -0.39 is 36.2 Å². The van der Waals surface area contributed by atoms with Crippen LogP contribution in [0.2, 0.25) is 0 Å². The van der Waals surface area contributed by atoms with Crippen LogP contribution in [0.15, 0.2) is 122 Å². The van der Waals surface area contributed by atoms with Gasteiger partial charge >= 0.3 is 0 Å². The molecule has 266 valence electrons. The summed E-state index contributed by atoms with van der Waals surface area (Å²) >= 11 is 0. The Morgan fingerprint density at radius 2 is 1.38 bits per heavy atom. The number of nitrogens with zero attached hydrogens (tertiary/aromatic N) is 4. The van der Waals surface area contributed by atoms with Gasteiger partial charge < -0.3 is 34.1 Å². The van der Waals surface area contributed by atoms with Gasteiger partial charge in [-0.15, -0.1) is 0 Å². The van der Waals surface area contributed by atoms with E-state index in [2.05, 4.69) is 20.3 Å². The first-order chi connectivity index (χ1) is 25.4. The third-order valence-electron chi connectivity index (χ3n) is 9.42. The van der Waals surface area contributed by atoms with Crippen molar-refractivity contribution < 1.29 is 33.6 Å². The molecule has 0 bridgehead atoms. The predicted octanol–water partition coefficient (Wildman–Crippen LogP) is 5.77. The minimum atomic E-state index is -1.15. The van der Waals surface area contributed by atoms with Crippen molar-refractivity contribution in [2.75, 3.05) is 26.6 Å². The number of nitrogens with one attached hydrogen (secondary N) is 1. The Morgan fingerprint density at radius 3 is 1.96 bits per heavy atom. The topological polar surface area (TPSA) is 139 Å². The van der Waals surface area contributed by atoms with Crippen molar-refractivity contribution in [1.82, 2.24) is 19.5 Å². The molecule has 2 aromatic heterocycles. The number of hydrogen-bond donors (Lipinski definition) is 2. The van der Waals surface area contributed by atoms with Crippen LogP contribution < -0.4 is 14.8 Å². The number of aromatic nitrogens is 4. The second-order valence-corrected chi connectivity index (χ2v) is 12.4. The summed E-state index contributed by atoms with van der Waals surface area (Å²) in [6.45, 7) is 1.87. The molecule has 7 rings (SSSR count). The second-order valence-electron chi connectivity index (χ2n) is 12.4.